The molecule has 6 heteroatoms. The summed E-state index contributed by atoms with van der Waals surface area (Å²) in [6, 6.07) is 30.4. The van der Waals surface area contributed by atoms with Gasteiger partial charge in [-0.1, -0.05) is 78.4 Å². The average Bonchev–Trinajstić information content (AvgIpc) is 2.85. The fourth-order valence-electron chi connectivity index (χ4n) is 3.96. The van der Waals surface area contributed by atoms with Crippen molar-refractivity contribution in [3.05, 3.63) is 125 Å². The Bertz CT molecular complexity index is 1350. The molecule has 1 atom stereocenters. The Morgan fingerprint density at radius 1 is 0.824 bits per heavy atom. The van der Waals surface area contributed by atoms with Crippen molar-refractivity contribution < 1.29 is 18.3 Å². The van der Waals surface area contributed by atoms with Gasteiger partial charge in [0.25, 0.3) is 10.0 Å². The summed E-state index contributed by atoms with van der Waals surface area (Å²) in [7, 11) is -2.25. The van der Waals surface area contributed by atoms with E-state index in [4.69, 9.17) is 4.74 Å². The number of hydrogen-bond donors (Lipinski definition) is 2. The highest BCUT2D eigenvalue weighted by Crippen LogP contribution is 2.38. The van der Waals surface area contributed by atoms with Crippen molar-refractivity contribution in [3.63, 3.8) is 0 Å². The predicted molar refractivity (Wildman–Crippen MR) is 135 cm³/mol. The number of rotatable bonds is 8. The Labute approximate surface area is 200 Å². The number of anilines is 1. The van der Waals surface area contributed by atoms with Crippen LogP contribution in [0.25, 0.3) is 0 Å². The van der Waals surface area contributed by atoms with Crippen molar-refractivity contribution in [2.24, 2.45) is 0 Å². The molecule has 4 aromatic carbocycles. The summed E-state index contributed by atoms with van der Waals surface area (Å²) in [6.45, 7) is 1.90. The van der Waals surface area contributed by atoms with Gasteiger partial charge in [-0.15, -0.1) is 0 Å². The smallest absolute Gasteiger partial charge is 0.261 e. The van der Waals surface area contributed by atoms with E-state index in [2.05, 4.69) is 4.72 Å². The van der Waals surface area contributed by atoms with E-state index in [0.29, 0.717) is 16.8 Å². The number of nitrogens with one attached hydrogen (secondary N) is 1. The summed E-state index contributed by atoms with van der Waals surface area (Å²) in [4.78, 5) is 0.159. The number of methoxy groups -OCH3 is 1. The normalized spacial score (nSPS) is 13.1. The van der Waals surface area contributed by atoms with Gasteiger partial charge in [0.15, 0.2) is 0 Å². The van der Waals surface area contributed by atoms with Crippen molar-refractivity contribution in [2.75, 3.05) is 11.8 Å². The molecule has 0 aliphatic heterocycles. The topological polar surface area (TPSA) is 75.6 Å². The lowest BCUT2D eigenvalue weighted by Crippen LogP contribution is -2.31. The number of ether oxygens (including phenoxy) is 1. The summed E-state index contributed by atoms with van der Waals surface area (Å²) in [5.74, 6) is 0.721. The van der Waals surface area contributed by atoms with Gasteiger partial charge in [-0.25, -0.2) is 8.42 Å². The second-order valence-electron chi connectivity index (χ2n) is 8.22. The van der Waals surface area contributed by atoms with Gasteiger partial charge in [-0.2, -0.15) is 0 Å². The molecular weight excluding hydrogens is 446 g/mol. The molecule has 4 aromatic rings. The maximum absolute atomic E-state index is 13.2. The first kappa shape index (κ1) is 23.5. The van der Waals surface area contributed by atoms with Crippen LogP contribution in [0.4, 0.5) is 5.69 Å². The third-order valence-electron chi connectivity index (χ3n) is 5.82. The van der Waals surface area contributed by atoms with Crippen LogP contribution in [0.5, 0.6) is 5.75 Å². The molecular formula is C28H27NO4S. The molecule has 0 saturated heterocycles. The highest BCUT2D eigenvalue weighted by Gasteiger charge is 2.35. The Kier molecular flexibility index (Phi) is 6.72. The van der Waals surface area contributed by atoms with Crippen LogP contribution < -0.4 is 9.46 Å². The van der Waals surface area contributed by atoms with Gasteiger partial charge in [0.05, 0.1) is 17.7 Å². The maximum Gasteiger partial charge on any atom is 0.261 e. The molecule has 0 amide bonds. The van der Waals surface area contributed by atoms with Gasteiger partial charge in [-0.05, 0) is 48.4 Å². The zero-order chi connectivity index (χ0) is 24.2. The van der Waals surface area contributed by atoms with Crippen LogP contribution in [0, 0.1) is 6.92 Å². The number of hydrogen-bond acceptors (Lipinski definition) is 4. The summed E-state index contributed by atoms with van der Waals surface area (Å²) >= 11 is 0. The van der Waals surface area contributed by atoms with E-state index in [1.165, 1.54) is 0 Å². The Hall–Kier alpha value is -3.61. The van der Waals surface area contributed by atoms with Gasteiger partial charge < -0.3 is 9.84 Å². The first-order chi connectivity index (χ1) is 16.3. The highest BCUT2D eigenvalue weighted by atomic mass is 32.2. The van der Waals surface area contributed by atoms with Gasteiger partial charge in [0, 0.05) is 12.0 Å². The molecule has 0 aliphatic carbocycles. The minimum Gasteiger partial charge on any atom is -0.497 e. The van der Waals surface area contributed by atoms with E-state index < -0.39 is 15.6 Å². The molecule has 0 aliphatic rings. The molecule has 0 aromatic heterocycles. The lowest BCUT2D eigenvalue weighted by atomic mass is 9.80. The lowest BCUT2D eigenvalue weighted by molar-refractivity contribution is 0.0819. The number of sulfonamides is 1. The lowest BCUT2D eigenvalue weighted by Gasteiger charge is -2.31. The molecule has 0 fully saturated rings. The summed E-state index contributed by atoms with van der Waals surface area (Å²) in [5.41, 5.74) is 1.81. The fraction of sp³-hybridized carbons (Fsp3) is 0.143. The van der Waals surface area contributed by atoms with Crippen molar-refractivity contribution >= 4 is 15.7 Å². The van der Waals surface area contributed by atoms with Crippen LogP contribution in [0.3, 0.4) is 0 Å². The summed E-state index contributed by atoms with van der Waals surface area (Å²) < 4.78 is 34.2. The average molecular weight is 474 g/mol. The fourth-order valence-corrected chi connectivity index (χ4v) is 5.04. The van der Waals surface area contributed by atoms with E-state index in [1.807, 2.05) is 61.5 Å². The number of aryl methyl sites for hydroxylation is 1. The molecule has 0 bridgehead atoms. The van der Waals surface area contributed by atoms with Crippen LogP contribution in [-0.4, -0.2) is 20.6 Å². The van der Waals surface area contributed by atoms with E-state index in [9.17, 15) is 13.5 Å². The highest BCUT2D eigenvalue weighted by molar-refractivity contribution is 7.92. The minimum atomic E-state index is -3.85. The van der Waals surface area contributed by atoms with Gasteiger partial charge in [0.2, 0.25) is 0 Å². The maximum atomic E-state index is 13.2. The number of aliphatic hydroxyl groups is 1. The van der Waals surface area contributed by atoms with Gasteiger partial charge >= 0.3 is 0 Å². The Balaban J connectivity index is 1.79. The van der Waals surface area contributed by atoms with Crippen molar-refractivity contribution in [3.8, 4) is 5.75 Å². The molecule has 174 valence electrons. The molecule has 0 heterocycles. The van der Waals surface area contributed by atoms with E-state index in [0.717, 1.165) is 16.9 Å². The molecule has 0 spiro atoms. The minimum absolute atomic E-state index is 0.159. The molecule has 2 N–H and O–H groups in total. The third kappa shape index (κ3) is 4.98. The third-order valence-corrected chi connectivity index (χ3v) is 7.20. The zero-order valence-electron chi connectivity index (χ0n) is 19.1. The Morgan fingerprint density at radius 2 is 1.44 bits per heavy atom. The van der Waals surface area contributed by atoms with E-state index in [-0.39, 0.29) is 11.3 Å². The van der Waals surface area contributed by atoms with Gasteiger partial charge in [0.1, 0.15) is 11.4 Å². The van der Waals surface area contributed by atoms with Crippen LogP contribution in [0.2, 0.25) is 0 Å². The van der Waals surface area contributed by atoms with Crippen LogP contribution in [-0.2, 0) is 22.0 Å². The first-order valence-corrected chi connectivity index (χ1v) is 12.4. The van der Waals surface area contributed by atoms with Crippen LogP contribution in [0.1, 0.15) is 22.3 Å². The molecule has 1 unspecified atom stereocenters. The van der Waals surface area contributed by atoms with Crippen LogP contribution >= 0.6 is 0 Å². The summed E-state index contributed by atoms with van der Waals surface area (Å²) in [6.07, 6.45) is 0.240. The van der Waals surface area contributed by atoms with Crippen molar-refractivity contribution in [1.29, 1.82) is 0 Å². The molecule has 4 rings (SSSR count). The SMILES string of the molecule is COc1ccc(CC(O)(c2ccccc2)c2ccccc2NS(=O)(=O)c2ccc(C)cc2)cc1. The molecule has 5 nitrogen and oxygen atoms in total. The van der Waals surface area contributed by atoms with Crippen molar-refractivity contribution in [1.82, 2.24) is 0 Å². The quantitative estimate of drug-likeness (QED) is 0.365. The molecule has 34 heavy (non-hydrogen) atoms. The molecule has 0 radical (unpaired) electrons. The zero-order valence-corrected chi connectivity index (χ0v) is 19.9. The van der Waals surface area contributed by atoms with Gasteiger partial charge in [-0.3, -0.25) is 4.72 Å². The standard InChI is InChI=1S/C28H27NO4S/c1-21-12-18-25(19-13-21)34(31,32)29-27-11-7-6-10-26(27)28(30,23-8-4-3-5-9-23)20-22-14-16-24(33-2)17-15-22/h3-19,29-30H,20H2,1-2H3. The monoisotopic (exact) mass is 473 g/mol. The van der Waals surface area contributed by atoms with E-state index in [1.54, 1.807) is 55.6 Å². The van der Waals surface area contributed by atoms with E-state index >= 15 is 0 Å². The second-order valence-corrected chi connectivity index (χ2v) is 9.90. The molecule has 0 saturated carbocycles. The summed E-state index contributed by atoms with van der Waals surface area (Å²) in [5, 5.41) is 12.2. The first-order valence-electron chi connectivity index (χ1n) is 10.9. The Morgan fingerprint density at radius 3 is 2.09 bits per heavy atom. The van der Waals surface area contributed by atoms with Crippen LogP contribution in [0.15, 0.2) is 108 Å². The second kappa shape index (κ2) is 9.71. The largest absolute Gasteiger partial charge is 0.497 e. The number of benzene rings is 4. The van der Waals surface area contributed by atoms with Crippen molar-refractivity contribution in [2.45, 2.75) is 23.8 Å². The number of para-hydroxylation sites is 1. The predicted octanol–water partition coefficient (Wildman–Crippen LogP) is 5.28.